The molecular weight excluding hydrogens is 344 g/mol. The van der Waals surface area contributed by atoms with Gasteiger partial charge in [-0.25, -0.2) is 4.79 Å². The molecule has 1 unspecified atom stereocenters. The Morgan fingerprint density at radius 3 is 2.56 bits per heavy atom. The minimum atomic E-state index is -0.774. The number of ether oxygens (including phenoxy) is 1. The predicted octanol–water partition coefficient (Wildman–Crippen LogP) is 1.66. The Bertz CT molecular complexity index is 767. The van der Waals surface area contributed by atoms with Gasteiger partial charge in [-0.05, 0) is 17.4 Å². The molecule has 2 N–H and O–H groups in total. The van der Waals surface area contributed by atoms with Crippen LogP contribution in [0.15, 0.2) is 23.6 Å². The first-order valence-corrected chi connectivity index (χ1v) is 8.49. The van der Waals surface area contributed by atoms with Gasteiger partial charge in [-0.1, -0.05) is 19.9 Å². The van der Waals surface area contributed by atoms with Gasteiger partial charge in [-0.15, -0.1) is 11.3 Å². The van der Waals surface area contributed by atoms with Crippen molar-refractivity contribution in [3.05, 3.63) is 34.2 Å². The highest BCUT2D eigenvalue weighted by Gasteiger charge is 2.26. The Morgan fingerprint density at radius 2 is 2.00 bits per heavy atom. The second-order valence-corrected chi connectivity index (χ2v) is 6.64. The second kappa shape index (κ2) is 7.93. The zero-order valence-corrected chi connectivity index (χ0v) is 15.2. The van der Waals surface area contributed by atoms with Crippen molar-refractivity contribution in [3.63, 3.8) is 0 Å². The number of anilines is 1. The Morgan fingerprint density at radius 1 is 1.28 bits per heavy atom. The fourth-order valence-electron chi connectivity index (χ4n) is 2.12. The Kier molecular flexibility index (Phi) is 5.92. The predicted molar refractivity (Wildman–Crippen MR) is 93.6 cm³/mol. The van der Waals surface area contributed by atoms with Gasteiger partial charge in [-0.3, -0.25) is 14.3 Å². The number of carbonyl (C=O) groups excluding carboxylic acids is 3. The summed E-state index contributed by atoms with van der Waals surface area (Å²) in [6.45, 7) is 3.60. The maximum atomic E-state index is 12.4. The lowest BCUT2D eigenvalue weighted by atomic mass is 10.0. The van der Waals surface area contributed by atoms with Crippen molar-refractivity contribution in [1.29, 1.82) is 0 Å². The van der Waals surface area contributed by atoms with Crippen molar-refractivity contribution in [3.8, 4) is 0 Å². The third kappa shape index (κ3) is 4.44. The lowest BCUT2D eigenvalue weighted by Crippen LogP contribution is -2.45. The summed E-state index contributed by atoms with van der Waals surface area (Å²) < 4.78 is 6.09. The van der Waals surface area contributed by atoms with E-state index in [0.29, 0.717) is 10.7 Å². The molecule has 0 spiro atoms. The molecule has 0 fully saturated rings. The molecule has 0 bridgehead atoms. The fourth-order valence-corrected chi connectivity index (χ4v) is 2.74. The molecule has 1 atom stereocenters. The molecule has 2 heterocycles. The molecule has 8 nitrogen and oxygen atoms in total. The molecule has 0 aliphatic carbocycles. The summed E-state index contributed by atoms with van der Waals surface area (Å²) in [4.78, 5) is 36.8. The van der Waals surface area contributed by atoms with Crippen LogP contribution in [0.3, 0.4) is 0 Å². The Labute approximate surface area is 149 Å². The van der Waals surface area contributed by atoms with Crippen LogP contribution in [0.25, 0.3) is 0 Å². The number of nitrogens with one attached hydrogen (secondary N) is 2. The number of hydrogen-bond donors (Lipinski definition) is 2. The quantitative estimate of drug-likeness (QED) is 0.759. The highest BCUT2D eigenvalue weighted by molar-refractivity contribution is 7.12. The number of methoxy groups -OCH3 is 1. The standard InChI is InChI=1S/C16H20N4O4S/c1-9(2)13(16(23)24-4)18-14(21)10-8-12(20(3)19-10)17-15(22)11-6-5-7-25-11/h5-9,13H,1-4H3,(H,17,22)(H,18,21). The van der Waals surface area contributed by atoms with Gasteiger partial charge in [0.1, 0.15) is 11.9 Å². The van der Waals surface area contributed by atoms with E-state index in [2.05, 4.69) is 15.7 Å². The molecule has 134 valence electrons. The zero-order chi connectivity index (χ0) is 18.6. The summed E-state index contributed by atoms with van der Waals surface area (Å²) >= 11 is 1.31. The summed E-state index contributed by atoms with van der Waals surface area (Å²) in [6, 6.07) is 4.16. The largest absolute Gasteiger partial charge is 0.467 e. The smallest absolute Gasteiger partial charge is 0.328 e. The molecule has 9 heteroatoms. The summed E-state index contributed by atoms with van der Waals surface area (Å²) in [5.74, 6) is -1.08. The molecule has 2 amide bonds. The molecule has 2 aromatic rings. The van der Waals surface area contributed by atoms with Crippen LogP contribution in [0.5, 0.6) is 0 Å². The van der Waals surface area contributed by atoms with Gasteiger partial charge in [0.05, 0.1) is 12.0 Å². The third-order valence-electron chi connectivity index (χ3n) is 3.51. The number of nitrogens with zero attached hydrogens (tertiary/aromatic N) is 2. The minimum Gasteiger partial charge on any atom is -0.467 e. The number of esters is 1. The minimum absolute atomic E-state index is 0.0959. The van der Waals surface area contributed by atoms with E-state index in [1.54, 1.807) is 38.4 Å². The molecule has 2 aromatic heterocycles. The van der Waals surface area contributed by atoms with E-state index in [9.17, 15) is 14.4 Å². The van der Waals surface area contributed by atoms with Crippen molar-refractivity contribution in [2.24, 2.45) is 13.0 Å². The molecular formula is C16H20N4O4S. The van der Waals surface area contributed by atoms with E-state index in [-0.39, 0.29) is 17.5 Å². The van der Waals surface area contributed by atoms with Gasteiger partial charge in [-0.2, -0.15) is 5.10 Å². The Hall–Kier alpha value is -2.68. The summed E-state index contributed by atoms with van der Waals surface area (Å²) in [7, 11) is 2.88. The van der Waals surface area contributed by atoms with E-state index in [1.165, 1.54) is 29.2 Å². The highest BCUT2D eigenvalue weighted by Crippen LogP contribution is 2.15. The molecule has 0 aliphatic rings. The van der Waals surface area contributed by atoms with Gasteiger partial charge >= 0.3 is 5.97 Å². The fraction of sp³-hybridized carbons (Fsp3) is 0.375. The van der Waals surface area contributed by atoms with Gasteiger partial charge in [0.2, 0.25) is 0 Å². The number of amides is 2. The van der Waals surface area contributed by atoms with Crippen molar-refractivity contribution < 1.29 is 19.1 Å². The molecule has 0 radical (unpaired) electrons. The third-order valence-corrected chi connectivity index (χ3v) is 4.38. The van der Waals surface area contributed by atoms with E-state index in [4.69, 9.17) is 4.74 Å². The van der Waals surface area contributed by atoms with Crippen molar-refractivity contribution >= 4 is 34.9 Å². The van der Waals surface area contributed by atoms with Crippen molar-refractivity contribution in [1.82, 2.24) is 15.1 Å². The SMILES string of the molecule is COC(=O)C(NC(=O)c1cc(NC(=O)c2cccs2)n(C)n1)C(C)C. The molecule has 0 saturated heterocycles. The summed E-state index contributed by atoms with van der Waals surface area (Å²) in [6.07, 6.45) is 0. The number of thiophene rings is 1. The summed E-state index contributed by atoms with van der Waals surface area (Å²) in [5.41, 5.74) is 0.0959. The number of aromatic nitrogens is 2. The lowest BCUT2D eigenvalue weighted by Gasteiger charge is -2.19. The number of carbonyl (C=O) groups is 3. The van der Waals surface area contributed by atoms with Gasteiger partial charge < -0.3 is 15.4 Å². The first-order chi connectivity index (χ1) is 11.8. The molecule has 2 rings (SSSR count). The number of rotatable bonds is 6. The maximum absolute atomic E-state index is 12.4. The molecule has 0 aliphatic heterocycles. The van der Waals surface area contributed by atoms with Gasteiger partial charge in [0.15, 0.2) is 5.69 Å². The zero-order valence-electron chi connectivity index (χ0n) is 14.4. The molecule has 25 heavy (non-hydrogen) atoms. The van der Waals surface area contributed by atoms with Crippen LogP contribution in [0, 0.1) is 5.92 Å². The van der Waals surface area contributed by atoms with Crippen LogP contribution in [-0.4, -0.2) is 40.7 Å². The Balaban J connectivity index is 2.11. The van der Waals surface area contributed by atoms with E-state index >= 15 is 0 Å². The van der Waals surface area contributed by atoms with Crippen LogP contribution >= 0.6 is 11.3 Å². The van der Waals surface area contributed by atoms with E-state index in [1.807, 2.05) is 0 Å². The summed E-state index contributed by atoms with van der Waals surface area (Å²) in [5, 5.41) is 11.2. The second-order valence-electron chi connectivity index (χ2n) is 5.69. The molecule has 0 saturated carbocycles. The number of hydrogen-bond acceptors (Lipinski definition) is 6. The van der Waals surface area contributed by atoms with Crippen LogP contribution in [0.4, 0.5) is 5.82 Å². The van der Waals surface area contributed by atoms with Crippen LogP contribution < -0.4 is 10.6 Å². The maximum Gasteiger partial charge on any atom is 0.328 e. The van der Waals surface area contributed by atoms with Crippen LogP contribution in [-0.2, 0) is 16.6 Å². The highest BCUT2D eigenvalue weighted by atomic mass is 32.1. The first kappa shape index (κ1) is 18.7. The lowest BCUT2D eigenvalue weighted by molar-refractivity contribution is -0.144. The normalized spacial score (nSPS) is 11.9. The van der Waals surface area contributed by atoms with Crippen LogP contribution in [0.2, 0.25) is 0 Å². The van der Waals surface area contributed by atoms with Gasteiger partial charge in [0, 0.05) is 13.1 Å². The van der Waals surface area contributed by atoms with Crippen LogP contribution in [0.1, 0.15) is 34.0 Å². The average molecular weight is 364 g/mol. The average Bonchev–Trinajstić information content (AvgIpc) is 3.22. The number of aryl methyl sites for hydroxylation is 1. The van der Waals surface area contributed by atoms with Crippen molar-refractivity contribution in [2.45, 2.75) is 19.9 Å². The monoisotopic (exact) mass is 364 g/mol. The van der Waals surface area contributed by atoms with Crippen molar-refractivity contribution in [2.75, 3.05) is 12.4 Å². The van der Waals surface area contributed by atoms with E-state index < -0.39 is 17.9 Å². The topological polar surface area (TPSA) is 102 Å². The van der Waals surface area contributed by atoms with E-state index in [0.717, 1.165) is 0 Å². The first-order valence-electron chi connectivity index (χ1n) is 7.61. The van der Waals surface area contributed by atoms with Gasteiger partial charge in [0.25, 0.3) is 11.8 Å². The molecule has 0 aromatic carbocycles.